The first-order valence-electron chi connectivity index (χ1n) is 10.8. The van der Waals surface area contributed by atoms with E-state index in [9.17, 15) is 0 Å². The summed E-state index contributed by atoms with van der Waals surface area (Å²) in [7, 11) is 0. The Balaban J connectivity index is 2.22. The van der Waals surface area contributed by atoms with E-state index in [2.05, 4.69) is 110 Å². The summed E-state index contributed by atoms with van der Waals surface area (Å²) in [6, 6.07) is 22.3. The normalized spacial score (nSPS) is 15.7. The van der Waals surface area contributed by atoms with Gasteiger partial charge in [-0.15, -0.1) is 0 Å². The average Bonchev–Trinajstić information content (AvgIpc) is 2.79. The zero-order valence-corrected chi connectivity index (χ0v) is 18.4. The van der Waals surface area contributed by atoms with Crippen molar-refractivity contribution in [2.75, 3.05) is 0 Å². The standard InChI is InChI=1S/C28H36N2/c1-5-7-11-21-27(29-23(3)25-17-13-9-14-18-25)28(22-12-8-6-2)30-24(4)26-19-15-10-16-20-26/h5-20,23-24,27-30H,1-2,21-22H2,3-4H3/b11-7+,12-8+/t23-,24-,27-,28-/m0/s1. The fraction of sp³-hybridized carbons (Fsp3) is 0.286. The van der Waals surface area contributed by atoms with Gasteiger partial charge < -0.3 is 10.6 Å². The molecule has 0 spiro atoms. The van der Waals surface area contributed by atoms with Crippen LogP contribution in [0.1, 0.15) is 49.9 Å². The van der Waals surface area contributed by atoms with Crippen LogP contribution >= 0.6 is 0 Å². The Morgan fingerprint density at radius 1 is 0.667 bits per heavy atom. The summed E-state index contributed by atoms with van der Waals surface area (Å²) >= 11 is 0. The fourth-order valence-corrected chi connectivity index (χ4v) is 3.66. The Kier molecular flexibility index (Phi) is 10.6. The van der Waals surface area contributed by atoms with E-state index in [4.69, 9.17) is 0 Å². The van der Waals surface area contributed by atoms with Gasteiger partial charge in [0.2, 0.25) is 0 Å². The highest BCUT2D eigenvalue weighted by Gasteiger charge is 2.23. The van der Waals surface area contributed by atoms with Crippen LogP contribution in [0.3, 0.4) is 0 Å². The second-order valence-electron chi connectivity index (χ2n) is 7.61. The molecule has 2 aromatic carbocycles. The fourth-order valence-electron chi connectivity index (χ4n) is 3.66. The van der Waals surface area contributed by atoms with Crippen molar-refractivity contribution >= 4 is 0 Å². The second kappa shape index (κ2) is 13.5. The minimum Gasteiger partial charge on any atom is -0.306 e. The van der Waals surface area contributed by atoms with Crippen LogP contribution < -0.4 is 10.6 Å². The third-order valence-corrected chi connectivity index (χ3v) is 5.34. The van der Waals surface area contributed by atoms with Crippen LogP contribution in [0.5, 0.6) is 0 Å². The Hall–Kier alpha value is -2.68. The maximum Gasteiger partial charge on any atom is 0.0295 e. The first kappa shape index (κ1) is 23.6. The van der Waals surface area contributed by atoms with Gasteiger partial charge in [-0.2, -0.15) is 0 Å². The molecule has 4 atom stereocenters. The molecule has 0 saturated carbocycles. The van der Waals surface area contributed by atoms with Gasteiger partial charge in [0.15, 0.2) is 0 Å². The van der Waals surface area contributed by atoms with E-state index in [1.54, 1.807) is 0 Å². The van der Waals surface area contributed by atoms with Gasteiger partial charge in [-0.05, 0) is 37.8 Å². The summed E-state index contributed by atoms with van der Waals surface area (Å²) in [4.78, 5) is 0. The van der Waals surface area contributed by atoms with E-state index in [0.717, 1.165) is 12.8 Å². The zero-order valence-electron chi connectivity index (χ0n) is 18.4. The smallest absolute Gasteiger partial charge is 0.0295 e. The number of rotatable bonds is 13. The van der Waals surface area contributed by atoms with E-state index in [0.29, 0.717) is 0 Å². The second-order valence-corrected chi connectivity index (χ2v) is 7.61. The third kappa shape index (κ3) is 7.98. The molecule has 0 aliphatic heterocycles. The highest BCUT2D eigenvalue weighted by Crippen LogP contribution is 2.19. The summed E-state index contributed by atoms with van der Waals surface area (Å²) in [5, 5.41) is 7.74. The van der Waals surface area contributed by atoms with Gasteiger partial charge in [0, 0.05) is 24.2 Å². The Labute approximate surface area is 183 Å². The highest BCUT2D eigenvalue weighted by molar-refractivity contribution is 5.20. The van der Waals surface area contributed by atoms with Gasteiger partial charge in [0.1, 0.15) is 0 Å². The number of hydrogen-bond acceptors (Lipinski definition) is 2. The lowest BCUT2D eigenvalue weighted by atomic mass is 9.96. The molecule has 0 fully saturated rings. The van der Waals surface area contributed by atoms with E-state index in [1.807, 2.05) is 24.3 Å². The molecule has 2 heteroatoms. The summed E-state index contributed by atoms with van der Waals surface area (Å²) in [6.45, 7) is 12.1. The molecule has 2 N–H and O–H groups in total. The molecule has 0 aromatic heterocycles. The van der Waals surface area contributed by atoms with Gasteiger partial charge in [0.05, 0.1) is 0 Å². The van der Waals surface area contributed by atoms with Crippen molar-refractivity contribution in [1.82, 2.24) is 10.6 Å². The molecule has 0 bridgehead atoms. The molecule has 0 aliphatic carbocycles. The van der Waals surface area contributed by atoms with Crippen LogP contribution in [0.15, 0.2) is 110 Å². The molecule has 0 aliphatic rings. The van der Waals surface area contributed by atoms with Gasteiger partial charge in [-0.3, -0.25) is 0 Å². The molecule has 0 heterocycles. The highest BCUT2D eigenvalue weighted by atomic mass is 15.0. The maximum atomic E-state index is 3.87. The lowest BCUT2D eigenvalue weighted by molar-refractivity contribution is 0.324. The Morgan fingerprint density at radius 2 is 1.03 bits per heavy atom. The van der Waals surface area contributed by atoms with Crippen LogP contribution in [-0.4, -0.2) is 12.1 Å². The summed E-state index contributed by atoms with van der Waals surface area (Å²) in [5.41, 5.74) is 2.60. The number of allylic oxidation sites excluding steroid dienone is 4. The largest absolute Gasteiger partial charge is 0.306 e. The van der Waals surface area contributed by atoms with Gasteiger partial charge in [-0.1, -0.05) is 110 Å². The summed E-state index contributed by atoms with van der Waals surface area (Å²) < 4.78 is 0. The quantitative estimate of drug-likeness (QED) is 0.366. The first-order chi connectivity index (χ1) is 14.7. The van der Waals surface area contributed by atoms with Crippen LogP contribution in [-0.2, 0) is 0 Å². The van der Waals surface area contributed by atoms with Crippen LogP contribution in [0.2, 0.25) is 0 Å². The van der Waals surface area contributed by atoms with E-state index >= 15 is 0 Å². The lowest BCUT2D eigenvalue weighted by Gasteiger charge is -2.33. The van der Waals surface area contributed by atoms with Crippen molar-refractivity contribution in [1.29, 1.82) is 0 Å². The molecular weight excluding hydrogens is 364 g/mol. The van der Waals surface area contributed by atoms with Crippen LogP contribution in [0.4, 0.5) is 0 Å². The number of benzene rings is 2. The van der Waals surface area contributed by atoms with Gasteiger partial charge in [0.25, 0.3) is 0 Å². The molecule has 2 rings (SSSR count). The third-order valence-electron chi connectivity index (χ3n) is 5.34. The Morgan fingerprint density at radius 3 is 1.37 bits per heavy atom. The summed E-state index contributed by atoms with van der Waals surface area (Å²) in [6.07, 6.45) is 14.0. The monoisotopic (exact) mass is 400 g/mol. The molecule has 158 valence electrons. The van der Waals surface area contributed by atoms with Crippen molar-refractivity contribution in [3.8, 4) is 0 Å². The molecule has 0 radical (unpaired) electrons. The first-order valence-corrected chi connectivity index (χ1v) is 10.8. The topological polar surface area (TPSA) is 24.1 Å². The molecule has 30 heavy (non-hydrogen) atoms. The molecule has 0 saturated heterocycles. The zero-order chi connectivity index (χ0) is 21.6. The van der Waals surface area contributed by atoms with Crippen molar-refractivity contribution in [3.63, 3.8) is 0 Å². The molecule has 2 aromatic rings. The molecule has 2 nitrogen and oxygen atoms in total. The molecule has 0 unspecified atom stereocenters. The average molecular weight is 401 g/mol. The van der Waals surface area contributed by atoms with Crippen molar-refractivity contribution < 1.29 is 0 Å². The maximum absolute atomic E-state index is 3.87. The number of nitrogens with one attached hydrogen (secondary N) is 2. The minimum atomic E-state index is 0.257. The lowest BCUT2D eigenvalue weighted by Crippen LogP contribution is -2.49. The van der Waals surface area contributed by atoms with Crippen LogP contribution in [0, 0.1) is 0 Å². The Bertz CT molecular complexity index is 722. The molecular formula is C28H36N2. The van der Waals surface area contributed by atoms with E-state index in [-0.39, 0.29) is 24.2 Å². The van der Waals surface area contributed by atoms with Gasteiger partial charge in [-0.25, -0.2) is 0 Å². The predicted molar refractivity (Wildman–Crippen MR) is 131 cm³/mol. The van der Waals surface area contributed by atoms with Crippen LogP contribution in [0.25, 0.3) is 0 Å². The predicted octanol–water partition coefficient (Wildman–Crippen LogP) is 6.69. The van der Waals surface area contributed by atoms with Crippen molar-refractivity contribution in [3.05, 3.63) is 121 Å². The minimum absolute atomic E-state index is 0.257. The summed E-state index contributed by atoms with van der Waals surface area (Å²) in [5.74, 6) is 0. The SMILES string of the molecule is C=C/C=C/C[C@H](N[C@@H](C)c1ccccc1)[C@H](C/C=C/C=C)N[C@@H](C)c1ccccc1. The number of hydrogen-bond donors (Lipinski definition) is 2. The van der Waals surface area contributed by atoms with Gasteiger partial charge >= 0.3 is 0 Å². The van der Waals surface area contributed by atoms with E-state index < -0.39 is 0 Å². The van der Waals surface area contributed by atoms with Crippen molar-refractivity contribution in [2.45, 2.75) is 50.9 Å². The van der Waals surface area contributed by atoms with Crippen molar-refractivity contribution in [2.24, 2.45) is 0 Å². The molecule has 0 amide bonds. The van der Waals surface area contributed by atoms with E-state index in [1.165, 1.54) is 11.1 Å².